The molecule has 0 saturated heterocycles. The summed E-state index contributed by atoms with van der Waals surface area (Å²) < 4.78 is 1.41. The van der Waals surface area contributed by atoms with E-state index in [0.29, 0.717) is 6.54 Å². The number of amides is 1. The Kier molecular flexibility index (Phi) is 3.68. The van der Waals surface area contributed by atoms with Gasteiger partial charge in [0, 0.05) is 12.2 Å². The first-order valence-corrected chi connectivity index (χ1v) is 4.96. The molecule has 0 aliphatic carbocycles. The normalized spacial score (nSPS) is 10.2. The molecule has 0 spiro atoms. The van der Waals surface area contributed by atoms with Gasteiger partial charge in [-0.1, -0.05) is 13.3 Å². The maximum atomic E-state index is 11.5. The summed E-state index contributed by atoms with van der Waals surface area (Å²) in [6.45, 7) is 6.56. The van der Waals surface area contributed by atoms with Crippen LogP contribution < -0.4 is 5.32 Å². The highest BCUT2D eigenvalue weighted by molar-refractivity contribution is 5.76. The van der Waals surface area contributed by atoms with Crippen LogP contribution in [0.2, 0.25) is 0 Å². The molecule has 1 heterocycles. The Morgan fingerprint density at radius 3 is 2.79 bits per heavy atom. The van der Waals surface area contributed by atoms with Crippen LogP contribution in [0.25, 0.3) is 0 Å². The number of nitrogens with zero attached hydrogens (tertiary/aromatic N) is 2. The quantitative estimate of drug-likeness (QED) is 0.748. The number of hydrogen-bond donors (Lipinski definition) is 1. The molecule has 0 saturated carbocycles. The van der Waals surface area contributed by atoms with Crippen molar-refractivity contribution in [2.24, 2.45) is 0 Å². The van der Waals surface area contributed by atoms with Crippen LogP contribution in [-0.2, 0) is 0 Å². The van der Waals surface area contributed by atoms with Crippen LogP contribution in [-0.4, -0.2) is 22.4 Å². The Bertz CT molecular complexity index is 317. The maximum absolute atomic E-state index is 11.5. The lowest BCUT2D eigenvalue weighted by molar-refractivity contribution is 0.239. The molecule has 0 aliphatic rings. The monoisotopic (exact) mass is 195 g/mol. The largest absolute Gasteiger partial charge is 0.342 e. The van der Waals surface area contributed by atoms with Gasteiger partial charge in [0.1, 0.15) is 0 Å². The standard InChI is InChI=1S/C10H17N3O/c1-4-5-6-11-10(14)13-9(3)7-8(2)12-13/h7H,4-6H2,1-3H3,(H,11,14). The summed E-state index contributed by atoms with van der Waals surface area (Å²) >= 11 is 0. The molecular formula is C10H17N3O. The Hall–Kier alpha value is -1.32. The summed E-state index contributed by atoms with van der Waals surface area (Å²) in [5.74, 6) is 0. The zero-order valence-electron chi connectivity index (χ0n) is 9.00. The van der Waals surface area contributed by atoms with Gasteiger partial charge in [0.05, 0.1) is 5.69 Å². The Morgan fingerprint density at radius 2 is 2.29 bits per heavy atom. The molecule has 0 radical (unpaired) electrons. The molecule has 0 atom stereocenters. The minimum Gasteiger partial charge on any atom is -0.336 e. The molecule has 78 valence electrons. The highest BCUT2D eigenvalue weighted by atomic mass is 16.2. The van der Waals surface area contributed by atoms with Crippen LogP contribution in [0.1, 0.15) is 31.2 Å². The molecule has 0 fully saturated rings. The zero-order chi connectivity index (χ0) is 10.6. The Labute approximate surface area is 84.3 Å². The van der Waals surface area contributed by atoms with E-state index in [4.69, 9.17) is 0 Å². The van der Waals surface area contributed by atoms with E-state index >= 15 is 0 Å². The number of nitrogens with one attached hydrogen (secondary N) is 1. The van der Waals surface area contributed by atoms with Gasteiger partial charge in [-0.3, -0.25) is 0 Å². The van der Waals surface area contributed by atoms with E-state index < -0.39 is 0 Å². The minimum absolute atomic E-state index is 0.135. The van der Waals surface area contributed by atoms with Gasteiger partial charge in [0.2, 0.25) is 0 Å². The van der Waals surface area contributed by atoms with Crippen molar-refractivity contribution in [3.63, 3.8) is 0 Å². The van der Waals surface area contributed by atoms with Crippen LogP contribution >= 0.6 is 0 Å². The Morgan fingerprint density at radius 1 is 1.57 bits per heavy atom. The van der Waals surface area contributed by atoms with Gasteiger partial charge < -0.3 is 5.32 Å². The average Bonchev–Trinajstić information content (AvgIpc) is 2.45. The highest BCUT2D eigenvalue weighted by Gasteiger charge is 2.08. The highest BCUT2D eigenvalue weighted by Crippen LogP contribution is 2.00. The molecular weight excluding hydrogens is 178 g/mol. The molecule has 0 bridgehead atoms. The molecule has 1 amide bonds. The van der Waals surface area contributed by atoms with E-state index in [1.165, 1.54) is 4.68 Å². The third-order valence-electron chi connectivity index (χ3n) is 2.01. The van der Waals surface area contributed by atoms with E-state index in [1.54, 1.807) is 0 Å². The van der Waals surface area contributed by atoms with Gasteiger partial charge in [-0.2, -0.15) is 9.78 Å². The SMILES string of the molecule is CCCCNC(=O)n1nc(C)cc1C. The van der Waals surface area contributed by atoms with Crippen molar-refractivity contribution < 1.29 is 4.79 Å². The fraction of sp³-hybridized carbons (Fsp3) is 0.600. The molecule has 4 nitrogen and oxygen atoms in total. The predicted octanol–water partition coefficient (Wildman–Crippen LogP) is 1.86. The number of aromatic nitrogens is 2. The van der Waals surface area contributed by atoms with Gasteiger partial charge in [0.25, 0.3) is 0 Å². The van der Waals surface area contributed by atoms with Crippen molar-refractivity contribution in [2.45, 2.75) is 33.6 Å². The van der Waals surface area contributed by atoms with E-state index in [9.17, 15) is 4.79 Å². The number of unbranched alkanes of at least 4 members (excludes halogenated alkanes) is 1. The molecule has 4 heteroatoms. The third-order valence-corrected chi connectivity index (χ3v) is 2.01. The third kappa shape index (κ3) is 2.58. The molecule has 1 aromatic rings. The van der Waals surface area contributed by atoms with Crippen molar-refractivity contribution >= 4 is 6.03 Å². The lowest BCUT2D eigenvalue weighted by atomic mass is 10.3. The average molecular weight is 195 g/mol. The minimum atomic E-state index is -0.135. The number of rotatable bonds is 3. The van der Waals surface area contributed by atoms with E-state index in [1.807, 2.05) is 19.9 Å². The van der Waals surface area contributed by atoms with Crippen molar-refractivity contribution in [1.29, 1.82) is 0 Å². The number of aryl methyl sites for hydroxylation is 2. The second-order valence-corrected chi connectivity index (χ2v) is 3.42. The van der Waals surface area contributed by atoms with Crippen LogP contribution in [0.4, 0.5) is 4.79 Å². The second-order valence-electron chi connectivity index (χ2n) is 3.42. The number of hydrogen-bond acceptors (Lipinski definition) is 2. The van der Waals surface area contributed by atoms with Crippen LogP contribution in [0.5, 0.6) is 0 Å². The molecule has 0 aromatic carbocycles. The van der Waals surface area contributed by atoms with Gasteiger partial charge in [-0.05, 0) is 26.3 Å². The van der Waals surface area contributed by atoms with Gasteiger partial charge >= 0.3 is 6.03 Å². The van der Waals surface area contributed by atoms with Crippen molar-refractivity contribution in [3.05, 3.63) is 17.5 Å². The molecule has 1 rings (SSSR count). The first-order chi connectivity index (χ1) is 6.65. The van der Waals surface area contributed by atoms with Gasteiger partial charge in [-0.15, -0.1) is 0 Å². The lowest BCUT2D eigenvalue weighted by Crippen LogP contribution is -2.30. The summed E-state index contributed by atoms with van der Waals surface area (Å²) in [7, 11) is 0. The van der Waals surface area contributed by atoms with Crippen LogP contribution in [0, 0.1) is 13.8 Å². The molecule has 0 unspecified atom stereocenters. The summed E-state index contributed by atoms with van der Waals surface area (Å²) in [6.07, 6.45) is 2.09. The van der Waals surface area contributed by atoms with Crippen molar-refractivity contribution in [3.8, 4) is 0 Å². The summed E-state index contributed by atoms with van der Waals surface area (Å²) in [5.41, 5.74) is 1.74. The predicted molar refractivity (Wildman–Crippen MR) is 55.4 cm³/mol. The molecule has 0 aliphatic heterocycles. The zero-order valence-corrected chi connectivity index (χ0v) is 9.00. The number of carbonyl (C=O) groups excluding carboxylic acids is 1. The summed E-state index contributed by atoms with van der Waals surface area (Å²) in [4.78, 5) is 11.5. The van der Waals surface area contributed by atoms with Crippen LogP contribution in [0.15, 0.2) is 6.07 Å². The second kappa shape index (κ2) is 4.79. The first-order valence-electron chi connectivity index (χ1n) is 4.96. The van der Waals surface area contributed by atoms with Crippen LogP contribution in [0.3, 0.4) is 0 Å². The van der Waals surface area contributed by atoms with Gasteiger partial charge in [0.15, 0.2) is 0 Å². The summed E-state index contributed by atoms with van der Waals surface area (Å²) in [5, 5.41) is 6.91. The fourth-order valence-corrected chi connectivity index (χ4v) is 1.28. The van der Waals surface area contributed by atoms with Crippen molar-refractivity contribution in [2.75, 3.05) is 6.54 Å². The van der Waals surface area contributed by atoms with E-state index in [2.05, 4.69) is 17.3 Å². The van der Waals surface area contributed by atoms with E-state index in [0.717, 1.165) is 24.2 Å². The molecule has 14 heavy (non-hydrogen) atoms. The lowest BCUT2D eigenvalue weighted by Gasteiger charge is -2.04. The first kappa shape index (κ1) is 10.8. The molecule has 1 N–H and O–H groups in total. The number of carbonyl (C=O) groups is 1. The van der Waals surface area contributed by atoms with Gasteiger partial charge in [-0.25, -0.2) is 4.79 Å². The topological polar surface area (TPSA) is 46.9 Å². The summed E-state index contributed by atoms with van der Waals surface area (Å²) in [6, 6.07) is 1.75. The Balaban J connectivity index is 2.56. The van der Waals surface area contributed by atoms with Crippen molar-refractivity contribution in [1.82, 2.24) is 15.1 Å². The van der Waals surface area contributed by atoms with E-state index in [-0.39, 0.29) is 6.03 Å². The maximum Gasteiger partial charge on any atom is 0.342 e. The fourth-order valence-electron chi connectivity index (χ4n) is 1.28. The smallest absolute Gasteiger partial charge is 0.336 e. The molecule has 1 aromatic heterocycles.